The average molecular weight is 267 g/mol. The lowest BCUT2D eigenvalue weighted by Crippen LogP contribution is -2.52. The van der Waals surface area contributed by atoms with Gasteiger partial charge in [-0.2, -0.15) is 0 Å². The van der Waals surface area contributed by atoms with Crippen LogP contribution in [-0.2, 0) is 0 Å². The number of carbonyl (C=O) groups excluding carboxylic acids is 1. The second-order valence-corrected chi connectivity index (χ2v) is 4.52. The molecule has 2 rings (SSSR count). The molecule has 1 aromatic rings. The zero-order valence-electron chi connectivity index (χ0n) is 10.8. The molecule has 1 saturated heterocycles. The molecule has 104 valence electrons. The summed E-state index contributed by atoms with van der Waals surface area (Å²) >= 11 is 0. The van der Waals surface area contributed by atoms with Gasteiger partial charge in [-0.25, -0.2) is 4.39 Å². The minimum Gasteiger partial charge on any atom is -0.395 e. The summed E-state index contributed by atoms with van der Waals surface area (Å²) in [6.07, 6.45) is 0. The molecule has 0 saturated carbocycles. The number of carbonyl (C=O) groups is 1. The van der Waals surface area contributed by atoms with Gasteiger partial charge in [0, 0.05) is 38.4 Å². The van der Waals surface area contributed by atoms with Crippen LogP contribution in [0.25, 0.3) is 0 Å². The van der Waals surface area contributed by atoms with Gasteiger partial charge in [0.1, 0.15) is 5.82 Å². The number of hydrogen-bond acceptors (Lipinski definition) is 4. The molecule has 0 spiro atoms. The number of nitrogens with one attached hydrogen (secondary N) is 2. The van der Waals surface area contributed by atoms with Gasteiger partial charge in [0.05, 0.1) is 12.2 Å². The molecule has 5 nitrogen and oxygen atoms in total. The van der Waals surface area contributed by atoms with E-state index in [1.165, 1.54) is 19.2 Å². The van der Waals surface area contributed by atoms with E-state index in [-0.39, 0.29) is 18.2 Å². The molecule has 1 fully saturated rings. The number of nitrogens with zero attached hydrogens (tertiary/aromatic N) is 1. The molecule has 1 aliphatic rings. The standard InChI is InChI=1S/C13H18FN3O2/c1-15-13(19)11-3-2-10(6-12(11)14)17-5-4-16-9(7-17)8-18/h2-3,6,9,16,18H,4-5,7-8H2,1H3,(H,15,19). The van der Waals surface area contributed by atoms with Crippen LogP contribution in [0.15, 0.2) is 18.2 Å². The first-order valence-electron chi connectivity index (χ1n) is 6.26. The Bertz CT molecular complexity index is 467. The zero-order chi connectivity index (χ0) is 13.8. The third-order valence-electron chi connectivity index (χ3n) is 3.27. The molecule has 1 aromatic carbocycles. The molecule has 1 aliphatic heterocycles. The van der Waals surface area contributed by atoms with Crippen LogP contribution in [0, 0.1) is 5.82 Å². The van der Waals surface area contributed by atoms with Crippen LogP contribution in [0.5, 0.6) is 0 Å². The number of anilines is 1. The summed E-state index contributed by atoms with van der Waals surface area (Å²) in [6.45, 7) is 2.16. The second-order valence-electron chi connectivity index (χ2n) is 4.52. The van der Waals surface area contributed by atoms with Gasteiger partial charge in [0.2, 0.25) is 0 Å². The van der Waals surface area contributed by atoms with Crippen LogP contribution in [0.3, 0.4) is 0 Å². The smallest absolute Gasteiger partial charge is 0.253 e. The summed E-state index contributed by atoms with van der Waals surface area (Å²) in [7, 11) is 1.47. The van der Waals surface area contributed by atoms with Crippen LogP contribution in [-0.4, -0.2) is 50.3 Å². The van der Waals surface area contributed by atoms with E-state index in [4.69, 9.17) is 5.11 Å². The first kappa shape index (κ1) is 13.8. The van der Waals surface area contributed by atoms with Crippen LogP contribution in [0.1, 0.15) is 10.4 Å². The average Bonchev–Trinajstić information content (AvgIpc) is 2.46. The normalized spacial score (nSPS) is 19.3. The quantitative estimate of drug-likeness (QED) is 0.719. The molecular weight excluding hydrogens is 249 g/mol. The molecule has 0 radical (unpaired) electrons. The fourth-order valence-electron chi connectivity index (χ4n) is 2.20. The highest BCUT2D eigenvalue weighted by Crippen LogP contribution is 2.20. The van der Waals surface area contributed by atoms with Crippen molar-refractivity contribution in [3.05, 3.63) is 29.6 Å². The Morgan fingerprint density at radius 3 is 3.05 bits per heavy atom. The number of hydrogen-bond donors (Lipinski definition) is 3. The van der Waals surface area contributed by atoms with Gasteiger partial charge in [0.15, 0.2) is 0 Å². The lowest BCUT2D eigenvalue weighted by molar-refractivity contribution is 0.0959. The van der Waals surface area contributed by atoms with E-state index in [1.807, 2.05) is 4.90 Å². The predicted octanol–water partition coefficient (Wildman–Crippen LogP) is -0.0442. The van der Waals surface area contributed by atoms with E-state index in [0.29, 0.717) is 6.54 Å². The van der Waals surface area contributed by atoms with Crippen molar-refractivity contribution in [3.63, 3.8) is 0 Å². The van der Waals surface area contributed by atoms with Crippen molar-refractivity contribution in [1.82, 2.24) is 10.6 Å². The Balaban J connectivity index is 2.17. The minimum absolute atomic E-state index is 0.00423. The van der Waals surface area contributed by atoms with Crippen molar-refractivity contribution in [3.8, 4) is 0 Å². The van der Waals surface area contributed by atoms with Gasteiger partial charge < -0.3 is 20.6 Å². The number of benzene rings is 1. The molecule has 1 atom stereocenters. The summed E-state index contributed by atoms with van der Waals surface area (Å²) < 4.78 is 13.9. The summed E-state index contributed by atoms with van der Waals surface area (Å²) in [5, 5.41) is 14.7. The summed E-state index contributed by atoms with van der Waals surface area (Å²) in [4.78, 5) is 13.4. The SMILES string of the molecule is CNC(=O)c1ccc(N2CCNC(CO)C2)cc1F. The zero-order valence-corrected chi connectivity index (χ0v) is 10.8. The van der Waals surface area contributed by atoms with Crippen LogP contribution in [0.2, 0.25) is 0 Å². The molecule has 3 N–H and O–H groups in total. The van der Waals surface area contributed by atoms with Crippen LogP contribution in [0.4, 0.5) is 10.1 Å². The van der Waals surface area contributed by atoms with Gasteiger partial charge in [-0.3, -0.25) is 4.79 Å². The highest BCUT2D eigenvalue weighted by Gasteiger charge is 2.20. The van der Waals surface area contributed by atoms with Gasteiger partial charge in [-0.15, -0.1) is 0 Å². The lowest BCUT2D eigenvalue weighted by Gasteiger charge is -2.34. The topological polar surface area (TPSA) is 64.6 Å². The first-order chi connectivity index (χ1) is 9.15. The van der Waals surface area contributed by atoms with Crippen LogP contribution >= 0.6 is 0 Å². The number of aliphatic hydroxyl groups is 1. The molecule has 0 bridgehead atoms. The number of amides is 1. The Morgan fingerprint density at radius 2 is 2.42 bits per heavy atom. The maximum Gasteiger partial charge on any atom is 0.253 e. The number of aliphatic hydroxyl groups excluding tert-OH is 1. The van der Waals surface area contributed by atoms with E-state index < -0.39 is 11.7 Å². The molecule has 1 heterocycles. The monoisotopic (exact) mass is 267 g/mol. The maximum absolute atomic E-state index is 13.9. The number of halogens is 1. The van der Waals surface area contributed by atoms with Crippen molar-refractivity contribution in [2.75, 3.05) is 38.2 Å². The van der Waals surface area contributed by atoms with Crippen molar-refractivity contribution in [2.24, 2.45) is 0 Å². The molecule has 1 amide bonds. The van der Waals surface area contributed by atoms with Crippen LogP contribution < -0.4 is 15.5 Å². The van der Waals surface area contributed by atoms with E-state index >= 15 is 0 Å². The van der Waals surface area contributed by atoms with E-state index in [2.05, 4.69) is 10.6 Å². The Kier molecular flexibility index (Phi) is 4.34. The molecule has 0 aliphatic carbocycles. The van der Waals surface area contributed by atoms with Gasteiger partial charge in [0.25, 0.3) is 5.91 Å². The highest BCUT2D eigenvalue weighted by atomic mass is 19.1. The Morgan fingerprint density at radius 1 is 1.63 bits per heavy atom. The molecular formula is C13H18FN3O2. The molecule has 0 aromatic heterocycles. The second kappa shape index (κ2) is 5.99. The Labute approximate surface area is 111 Å². The minimum atomic E-state index is -0.532. The maximum atomic E-state index is 13.9. The third kappa shape index (κ3) is 3.02. The summed E-state index contributed by atoms with van der Waals surface area (Å²) in [5.41, 5.74) is 0.769. The van der Waals surface area contributed by atoms with Crippen molar-refractivity contribution >= 4 is 11.6 Å². The fourth-order valence-corrected chi connectivity index (χ4v) is 2.20. The van der Waals surface area contributed by atoms with E-state index in [1.54, 1.807) is 6.07 Å². The van der Waals surface area contributed by atoms with Gasteiger partial charge >= 0.3 is 0 Å². The summed E-state index contributed by atoms with van der Waals surface area (Å²) in [5.74, 6) is -0.964. The Hall–Kier alpha value is -1.66. The molecule has 6 heteroatoms. The van der Waals surface area contributed by atoms with Crippen molar-refractivity contribution in [2.45, 2.75) is 6.04 Å². The predicted molar refractivity (Wildman–Crippen MR) is 70.9 cm³/mol. The fraction of sp³-hybridized carbons (Fsp3) is 0.462. The van der Waals surface area contributed by atoms with Gasteiger partial charge in [-0.05, 0) is 18.2 Å². The van der Waals surface area contributed by atoms with Crippen molar-refractivity contribution in [1.29, 1.82) is 0 Å². The van der Waals surface area contributed by atoms with Gasteiger partial charge in [-0.1, -0.05) is 0 Å². The van der Waals surface area contributed by atoms with E-state index in [9.17, 15) is 9.18 Å². The molecule has 1 unspecified atom stereocenters. The number of piperazine rings is 1. The summed E-state index contributed by atoms with van der Waals surface area (Å²) in [6, 6.07) is 4.58. The lowest BCUT2D eigenvalue weighted by atomic mass is 10.1. The largest absolute Gasteiger partial charge is 0.395 e. The highest BCUT2D eigenvalue weighted by molar-refractivity contribution is 5.94. The third-order valence-corrected chi connectivity index (χ3v) is 3.27. The van der Waals surface area contributed by atoms with Crippen molar-refractivity contribution < 1.29 is 14.3 Å². The van der Waals surface area contributed by atoms with E-state index in [0.717, 1.165) is 18.8 Å². The first-order valence-corrected chi connectivity index (χ1v) is 6.26. The molecule has 19 heavy (non-hydrogen) atoms. The number of rotatable bonds is 3.